The van der Waals surface area contributed by atoms with Crippen molar-refractivity contribution in [3.05, 3.63) is 33.3 Å². The molecule has 0 saturated carbocycles. The zero-order chi connectivity index (χ0) is 11.6. The Labute approximate surface area is 93.5 Å². The first-order valence-corrected chi connectivity index (χ1v) is 4.42. The Hall–Kier alpha value is -0.940. The zero-order valence-electron chi connectivity index (χ0n) is 7.15. The number of halogens is 5. The second kappa shape index (κ2) is 4.28. The summed E-state index contributed by atoms with van der Waals surface area (Å²) in [5.74, 6) is 4.83. The highest BCUT2D eigenvalue weighted by molar-refractivity contribution is 6.39. The Morgan fingerprint density at radius 1 is 1.27 bits per heavy atom. The average molecular weight is 257 g/mol. The summed E-state index contributed by atoms with van der Waals surface area (Å²) < 4.78 is 37.2. The van der Waals surface area contributed by atoms with Crippen LogP contribution in [0.2, 0.25) is 10.0 Å². The Bertz CT molecular complexity index is 402. The molecule has 0 aliphatic heterocycles. The fraction of sp³-hybridized carbons (Fsp3) is 0.125. The van der Waals surface area contributed by atoms with Crippen LogP contribution in [0.5, 0.6) is 0 Å². The third-order valence-corrected chi connectivity index (χ3v) is 2.37. The van der Waals surface area contributed by atoms with Gasteiger partial charge < -0.3 is 5.84 Å². The molecule has 2 N–H and O–H groups in total. The third-order valence-electron chi connectivity index (χ3n) is 1.64. The molecule has 82 valence electrons. The van der Waals surface area contributed by atoms with Crippen molar-refractivity contribution in [2.24, 2.45) is 10.9 Å². The van der Waals surface area contributed by atoms with E-state index in [1.165, 1.54) is 0 Å². The summed E-state index contributed by atoms with van der Waals surface area (Å²) in [6, 6.07) is 1.89. The van der Waals surface area contributed by atoms with E-state index >= 15 is 0 Å². The molecule has 1 rings (SSSR count). The maximum atomic E-state index is 12.4. The van der Waals surface area contributed by atoms with Crippen molar-refractivity contribution in [1.82, 2.24) is 0 Å². The summed E-state index contributed by atoms with van der Waals surface area (Å²) >= 11 is 11.2. The summed E-state index contributed by atoms with van der Waals surface area (Å²) in [7, 11) is 0. The molecule has 0 aromatic heterocycles. The minimum absolute atomic E-state index is 0.0457. The normalized spacial score (nSPS) is 12.3. The lowest BCUT2D eigenvalue weighted by molar-refractivity contribution is -0.137. The minimum atomic E-state index is -4.53. The molecule has 2 nitrogen and oxygen atoms in total. The van der Waals surface area contributed by atoms with E-state index < -0.39 is 16.8 Å². The van der Waals surface area contributed by atoms with Gasteiger partial charge in [-0.3, -0.25) is 0 Å². The van der Waals surface area contributed by atoms with Gasteiger partial charge in [0.1, 0.15) is 0 Å². The first-order chi connectivity index (χ1) is 6.88. The average Bonchev–Trinajstić information content (AvgIpc) is 2.09. The van der Waals surface area contributed by atoms with Gasteiger partial charge in [0, 0.05) is 5.56 Å². The van der Waals surface area contributed by atoms with E-state index in [0.717, 1.165) is 18.3 Å². The molecule has 7 heteroatoms. The van der Waals surface area contributed by atoms with E-state index in [-0.39, 0.29) is 10.6 Å². The largest absolute Gasteiger partial charge is 0.417 e. The van der Waals surface area contributed by atoms with Gasteiger partial charge in [0.15, 0.2) is 0 Å². The molecule has 1 aromatic carbocycles. The standard InChI is InChI=1S/C8H5Cl2F3N2/c9-6-2-1-5(8(11,12)13)7(10)4(6)3-15-14/h1-3H,14H2. The highest BCUT2D eigenvalue weighted by Crippen LogP contribution is 2.37. The van der Waals surface area contributed by atoms with E-state index in [4.69, 9.17) is 29.0 Å². The highest BCUT2D eigenvalue weighted by atomic mass is 35.5. The van der Waals surface area contributed by atoms with Crippen LogP contribution in [0, 0.1) is 0 Å². The van der Waals surface area contributed by atoms with Gasteiger partial charge in [-0.15, -0.1) is 0 Å². The lowest BCUT2D eigenvalue weighted by atomic mass is 10.1. The van der Waals surface area contributed by atoms with Crippen LogP contribution in [0.3, 0.4) is 0 Å². The number of alkyl halides is 3. The van der Waals surface area contributed by atoms with Crippen molar-refractivity contribution in [2.75, 3.05) is 0 Å². The molecule has 0 aliphatic carbocycles. The van der Waals surface area contributed by atoms with Crippen molar-refractivity contribution in [3.63, 3.8) is 0 Å². The smallest absolute Gasteiger partial charge is 0.323 e. The molecule has 0 bridgehead atoms. The van der Waals surface area contributed by atoms with Gasteiger partial charge >= 0.3 is 6.18 Å². The topological polar surface area (TPSA) is 38.4 Å². The van der Waals surface area contributed by atoms with Crippen LogP contribution >= 0.6 is 23.2 Å². The van der Waals surface area contributed by atoms with Crippen LogP contribution in [-0.4, -0.2) is 6.21 Å². The lowest BCUT2D eigenvalue weighted by Gasteiger charge is -2.11. The first kappa shape index (κ1) is 12.1. The molecule has 0 amide bonds. The minimum Gasteiger partial charge on any atom is -0.323 e. The first-order valence-electron chi connectivity index (χ1n) is 3.66. The summed E-state index contributed by atoms with van der Waals surface area (Å²) in [6.45, 7) is 0. The molecule has 0 saturated heterocycles. The lowest BCUT2D eigenvalue weighted by Crippen LogP contribution is -2.07. The van der Waals surface area contributed by atoms with Gasteiger partial charge in [0.25, 0.3) is 0 Å². The van der Waals surface area contributed by atoms with Crippen LogP contribution < -0.4 is 5.84 Å². The van der Waals surface area contributed by atoms with E-state index in [1.807, 2.05) is 0 Å². The third kappa shape index (κ3) is 2.54. The number of hydrogen-bond acceptors (Lipinski definition) is 2. The van der Waals surface area contributed by atoms with Gasteiger partial charge in [0.2, 0.25) is 0 Å². The number of rotatable bonds is 1. The maximum Gasteiger partial charge on any atom is 0.417 e. The molecule has 0 spiro atoms. The Balaban J connectivity index is 3.41. The van der Waals surface area contributed by atoms with Crippen molar-refractivity contribution >= 4 is 29.4 Å². The maximum absolute atomic E-state index is 12.4. The van der Waals surface area contributed by atoms with Gasteiger partial charge in [-0.25, -0.2) is 0 Å². The Morgan fingerprint density at radius 2 is 1.87 bits per heavy atom. The van der Waals surface area contributed by atoms with E-state index in [2.05, 4.69) is 5.10 Å². The number of nitrogens with zero attached hydrogens (tertiary/aromatic N) is 1. The van der Waals surface area contributed by atoms with Crippen LogP contribution in [0.4, 0.5) is 13.2 Å². The van der Waals surface area contributed by atoms with Crippen molar-refractivity contribution < 1.29 is 13.2 Å². The zero-order valence-corrected chi connectivity index (χ0v) is 8.66. The quantitative estimate of drug-likeness (QED) is 0.468. The highest BCUT2D eigenvalue weighted by Gasteiger charge is 2.34. The second-order valence-electron chi connectivity index (χ2n) is 2.60. The van der Waals surface area contributed by atoms with E-state index in [1.54, 1.807) is 0 Å². The molecule has 0 unspecified atom stereocenters. The van der Waals surface area contributed by atoms with Gasteiger partial charge in [0.05, 0.1) is 21.8 Å². The van der Waals surface area contributed by atoms with E-state index in [0.29, 0.717) is 0 Å². The Kier molecular flexibility index (Phi) is 3.46. The predicted octanol–water partition coefficient (Wildman–Crippen LogP) is 3.30. The van der Waals surface area contributed by atoms with Crippen molar-refractivity contribution in [1.29, 1.82) is 0 Å². The molecular weight excluding hydrogens is 252 g/mol. The SMILES string of the molecule is NN=Cc1c(Cl)ccc(C(F)(F)F)c1Cl. The summed E-state index contributed by atoms with van der Waals surface area (Å²) in [4.78, 5) is 0. The van der Waals surface area contributed by atoms with Crippen LogP contribution in [0.1, 0.15) is 11.1 Å². The van der Waals surface area contributed by atoms with Crippen molar-refractivity contribution in [2.45, 2.75) is 6.18 Å². The van der Waals surface area contributed by atoms with Crippen LogP contribution in [-0.2, 0) is 6.18 Å². The van der Waals surface area contributed by atoms with Gasteiger partial charge in [-0.05, 0) is 12.1 Å². The van der Waals surface area contributed by atoms with Crippen LogP contribution in [0.15, 0.2) is 17.2 Å². The van der Waals surface area contributed by atoms with Gasteiger partial charge in [-0.1, -0.05) is 23.2 Å². The van der Waals surface area contributed by atoms with Crippen molar-refractivity contribution in [3.8, 4) is 0 Å². The molecular formula is C8H5Cl2F3N2. The predicted molar refractivity (Wildman–Crippen MR) is 53.2 cm³/mol. The molecule has 15 heavy (non-hydrogen) atoms. The molecule has 0 heterocycles. The van der Waals surface area contributed by atoms with Gasteiger partial charge in [-0.2, -0.15) is 18.3 Å². The Morgan fingerprint density at radius 3 is 2.33 bits per heavy atom. The summed E-state index contributed by atoms with van der Waals surface area (Å²) in [6.07, 6.45) is -3.56. The fourth-order valence-corrected chi connectivity index (χ4v) is 1.56. The fourth-order valence-electron chi connectivity index (χ4n) is 0.981. The number of benzene rings is 1. The molecule has 0 fully saturated rings. The number of hydrazone groups is 1. The molecule has 1 aromatic rings. The molecule has 0 radical (unpaired) electrons. The number of hydrogen-bond donors (Lipinski definition) is 1. The summed E-state index contributed by atoms with van der Waals surface area (Å²) in [5, 5.41) is 2.64. The molecule has 0 aliphatic rings. The summed E-state index contributed by atoms with van der Waals surface area (Å²) in [5.41, 5.74) is -1.01. The van der Waals surface area contributed by atoms with E-state index in [9.17, 15) is 13.2 Å². The monoisotopic (exact) mass is 256 g/mol. The van der Waals surface area contributed by atoms with Crippen LogP contribution in [0.25, 0.3) is 0 Å². The molecule has 0 atom stereocenters. The number of nitrogens with two attached hydrogens (primary N) is 1. The second-order valence-corrected chi connectivity index (χ2v) is 3.38.